The zero-order valence-corrected chi connectivity index (χ0v) is 18.3. The highest BCUT2D eigenvalue weighted by Crippen LogP contribution is 2.24. The summed E-state index contributed by atoms with van der Waals surface area (Å²) < 4.78 is 0. The molecule has 1 aromatic heterocycles. The van der Waals surface area contributed by atoms with Crippen molar-refractivity contribution in [3.05, 3.63) is 70.2 Å². The number of halogens is 1. The SMILES string of the molecule is CC(C)c1ccccc1NC(=O)CCc1csc(NC(=O)Nc2cccc(Cl)c2)n1. The molecular formula is C22H23ClN4O2S. The van der Waals surface area contributed by atoms with Gasteiger partial charge in [-0.2, -0.15) is 0 Å². The molecule has 8 heteroatoms. The molecule has 1 heterocycles. The first-order chi connectivity index (χ1) is 14.4. The van der Waals surface area contributed by atoms with Crippen molar-refractivity contribution in [2.75, 3.05) is 16.0 Å². The van der Waals surface area contributed by atoms with Gasteiger partial charge < -0.3 is 10.6 Å². The molecule has 156 valence electrons. The molecule has 0 aliphatic heterocycles. The first-order valence-electron chi connectivity index (χ1n) is 9.57. The van der Waals surface area contributed by atoms with Gasteiger partial charge in [-0.25, -0.2) is 9.78 Å². The van der Waals surface area contributed by atoms with E-state index in [1.807, 2.05) is 29.6 Å². The number of urea groups is 1. The van der Waals surface area contributed by atoms with Crippen LogP contribution in [-0.2, 0) is 11.2 Å². The van der Waals surface area contributed by atoms with E-state index in [2.05, 4.69) is 34.8 Å². The van der Waals surface area contributed by atoms with E-state index < -0.39 is 6.03 Å². The fraction of sp³-hybridized carbons (Fsp3) is 0.227. The van der Waals surface area contributed by atoms with Gasteiger partial charge in [0.15, 0.2) is 5.13 Å². The van der Waals surface area contributed by atoms with Gasteiger partial charge >= 0.3 is 6.03 Å². The van der Waals surface area contributed by atoms with Crippen LogP contribution in [-0.4, -0.2) is 16.9 Å². The summed E-state index contributed by atoms with van der Waals surface area (Å²) in [6, 6.07) is 14.3. The van der Waals surface area contributed by atoms with Crippen molar-refractivity contribution in [1.29, 1.82) is 0 Å². The minimum absolute atomic E-state index is 0.0655. The van der Waals surface area contributed by atoms with Crippen molar-refractivity contribution in [2.45, 2.75) is 32.6 Å². The normalized spacial score (nSPS) is 10.7. The number of para-hydroxylation sites is 1. The summed E-state index contributed by atoms with van der Waals surface area (Å²) in [7, 11) is 0. The van der Waals surface area contributed by atoms with Gasteiger partial charge in [0, 0.05) is 28.2 Å². The standard InChI is InChI=1S/C22H23ClN4O2S/c1-14(2)18-8-3-4-9-19(18)26-20(28)11-10-17-13-30-22(25-17)27-21(29)24-16-7-5-6-15(23)12-16/h3-9,12-14H,10-11H2,1-2H3,(H,26,28)(H2,24,25,27,29). The van der Waals surface area contributed by atoms with Crippen LogP contribution in [0.5, 0.6) is 0 Å². The second-order valence-corrected chi connectivity index (χ2v) is 8.32. The smallest absolute Gasteiger partial charge is 0.325 e. The highest BCUT2D eigenvalue weighted by atomic mass is 35.5. The lowest BCUT2D eigenvalue weighted by Crippen LogP contribution is -2.19. The Morgan fingerprint density at radius 2 is 1.87 bits per heavy atom. The lowest BCUT2D eigenvalue weighted by molar-refractivity contribution is -0.116. The summed E-state index contributed by atoms with van der Waals surface area (Å²) in [5.41, 5.74) is 3.30. The number of aromatic nitrogens is 1. The summed E-state index contributed by atoms with van der Waals surface area (Å²) >= 11 is 7.23. The first kappa shape index (κ1) is 21.8. The minimum atomic E-state index is -0.402. The summed E-state index contributed by atoms with van der Waals surface area (Å²) in [4.78, 5) is 28.8. The Balaban J connectivity index is 1.49. The first-order valence-corrected chi connectivity index (χ1v) is 10.8. The Morgan fingerprint density at radius 3 is 2.63 bits per heavy atom. The summed E-state index contributed by atoms with van der Waals surface area (Å²) in [5, 5.41) is 11.2. The number of nitrogens with one attached hydrogen (secondary N) is 3. The molecule has 0 spiro atoms. The predicted molar refractivity (Wildman–Crippen MR) is 124 cm³/mol. The average molecular weight is 443 g/mol. The van der Waals surface area contributed by atoms with Crippen LogP contribution in [0.3, 0.4) is 0 Å². The second kappa shape index (κ2) is 10.2. The molecule has 0 saturated heterocycles. The number of nitrogens with zero attached hydrogens (tertiary/aromatic N) is 1. The third-order valence-electron chi connectivity index (χ3n) is 4.32. The van der Waals surface area contributed by atoms with Gasteiger partial charge in [-0.1, -0.05) is 49.7 Å². The Bertz CT molecular complexity index is 1040. The molecule has 0 fully saturated rings. The Hall–Kier alpha value is -2.90. The molecule has 30 heavy (non-hydrogen) atoms. The molecule has 6 nitrogen and oxygen atoms in total. The molecule has 0 atom stereocenters. The maximum absolute atomic E-state index is 12.3. The van der Waals surface area contributed by atoms with Gasteiger partial charge in [0.1, 0.15) is 0 Å². The molecular weight excluding hydrogens is 420 g/mol. The van der Waals surface area contributed by atoms with Crippen LogP contribution in [0.25, 0.3) is 0 Å². The third kappa shape index (κ3) is 6.30. The summed E-state index contributed by atoms with van der Waals surface area (Å²) in [6.07, 6.45) is 0.800. The molecule has 3 amide bonds. The van der Waals surface area contributed by atoms with E-state index in [1.165, 1.54) is 11.3 Å². The largest absolute Gasteiger partial charge is 0.326 e. The van der Waals surface area contributed by atoms with E-state index in [9.17, 15) is 9.59 Å². The highest BCUT2D eigenvalue weighted by molar-refractivity contribution is 7.13. The van der Waals surface area contributed by atoms with E-state index in [-0.39, 0.29) is 5.91 Å². The number of amides is 3. The summed E-state index contributed by atoms with van der Waals surface area (Å²) in [5.74, 6) is 0.260. The van der Waals surface area contributed by atoms with Crippen LogP contribution >= 0.6 is 22.9 Å². The van der Waals surface area contributed by atoms with E-state index in [0.29, 0.717) is 34.6 Å². The van der Waals surface area contributed by atoms with Gasteiger partial charge in [0.2, 0.25) is 5.91 Å². The zero-order valence-electron chi connectivity index (χ0n) is 16.7. The quantitative estimate of drug-likeness (QED) is 0.411. The fourth-order valence-corrected chi connectivity index (χ4v) is 3.80. The summed E-state index contributed by atoms with van der Waals surface area (Å²) in [6.45, 7) is 4.19. The molecule has 0 aliphatic carbocycles. The van der Waals surface area contributed by atoms with Crippen molar-refractivity contribution < 1.29 is 9.59 Å². The number of aryl methyl sites for hydroxylation is 1. The highest BCUT2D eigenvalue weighted by Gasteiger charge is 2.11. The monoisotopic (exact) mass is 442 g/mol. The second-order valence-electron chi connectivity index (χ2n) is 7.02. The van der Waals surface area contributed by atoms with Crippen LogP contribution in [0.2, 0.25) is 5.02 Å². The molecule has 0 bridgehead atoms. The number of benzene rings is 2. The number of hydrogen-bond donors (Lipinski definition) is 3. The number of rotatable bonds is 7. The van der Waals surface area contributed by atoms with Gasteiger partial charge in [0.05, 0.1) is 5.69 Å². The number of hydrogen-bond acceptors (Lipinski definition) is 4. The van der Waals surface area contributed by atoms with Crippen molar-refractivity contribution in [2.24, 2.45) is 0 Å². The van der Waals surface area contributed by atoms with Gasteiger partial charge in [-0.05, 0) is 42.2 Å². The van der Waals surface area contributed by atoms with E-state index in [1.54, 1.807) is 24.3 Å². The lowest BCUT2D eigenvalue weighted by Gasteiger charge is -2.13. The minimum Gasteiger partial charge on any atom is -0.326 e. The Labute approximate surface area is 184 Å². The van der Waals surface area contributed by atoms with Crippen molar-refractivity contribution >= 4 is 51.4 Å². The van der Waals surface area contributed by atoms with Crippen molar-refractivity contribution in [1.82, 2.24) is 4.98 Å². The van der Waals surface area contributed by atoms with Crippen LogP contribution in [0.4, 0.5) is 21.3 Å². The van der Waals surface area contributed by atoms with Crippen molar-refractivity contribution in [3.8, 4) is 0 Å². The molecule has 3 rings (SSSR count). The Morgan fingerprint density at radius 1 is 1.07 bits per heavy atom. The van der Waals surface area contributed by atoms with Gasteiger partial charge in [0.25, 0.3) is 0 Å². The van der Waals surface area contributed by atoms with Crippen LogP contribution < -0.4 is 16.0 Å². The van der Waals surface area contributed by atoms with E-state index in [0.717, 1.165) is 16.9 Å². The molecule has 0 radical (unpaired) electrons. The third-order valence-corrected chi connectivity index (χ3v) is 5.36. The zero-order chi connectivity index (χ0) is 21.5. The molecule has 3 N–H and O–H groups in total. The number of carbonyl (C=O) groups is 2. The fourth-order valence-electron chi connectivity index (χ4n) is 2.87. The Kier molecular flexibility index (Phi) is 7.43. The topological polar surface area (TPSA) is 83.1 Å². The van der Waals surface area contributed by atoms with Gasteiger partial charge in [-0.15, -0.1) is 11.3 Å². The van der Waals surface area contributed by atoms with E-state index >= 15 is 0 Å². The maximum atomic E-state index is 12.3. The van der Waals surface area contributed by atoms with Crippen molar-refractivity contribution in [3.63, 3.8) is 0 Å². The lowest BCUT2D eigenvalue weighted by atomic mass is 10.0. The predicted octanol–water partition coefficient (Wildman–Crippen LogP) is 6.14. The maximum Gasteiger partial charge on any atom is 0.325 e. The van der Waals surface area contributed by atoms with E-state index in [4.69, 9.17) is 11.6 Å². The molecule has 0 saturated carbocycles. The molecule has 0 aliphatic rings. The number of carbonyl (C=O) groups excluding carboxylic acids is 2. The number of thiazole rings is 1. The molecule has 0 unspecified atom stereocenters. The molecule has 2 aromatic carbocycles. The average Bonchev–Trinajstić information content (AvgIpc) is 3.14. The molecule has 3 aromatic rings. The number of anilines is 3. The van der Waals surface area contributed by atoms with Gasteiger partial charge in [-0.3, -0.25) is 10.1 Å². The van der Waals surface area contributed by atoms with Crippen LogP contribution in [0.1, 0.15) is 37.4 Å². The van der Waals surface area contributed by atoms with Crippen LogP contribution in [0.15, 0.2) is 53.9 Å². The van der Waals surface area contributed by atoms with Crippen LogP contribution in [0, 0.1) is 0 Å².